The van der Waals surface area contributed by atoms with Crippen LogP contribution in [0.25, 0.3) is 0 Å². The lowest BCUT2D eigenvalue weighted by atomic mass is 9.72. The molecule has 2 nitrogen and oxygen atoms in total. The summed E-state index contributed by atoms with van der Waals surface area (Å²) < 4.78 is 0. The highest BCUT2D eigenvalue weighted by atomic mass is 16.3. The lowest BCUT2D eigenvalue weighted by Gasteiger charge is -2.39. The first-order chi connectivity index (χ1) is 6.64. The van der Waals surface area contributed by atoms with Crippen molar-refractivity contribution >= 4 is 0 Å². The zero-order valence-electron chi connectivity index (χ0n) is 8.71. The normalized spacial score (nSPS) is 37.0. The van der Waals surface area contributed by atoms with Crippen molar-refractivity contribution in [1.29, 1.82) is 0 Å². The fourth-order valence-electron chi connectivity index (χ4n) is 2.48. The first kappa shape index (κ1) is 11.5. The van der Waals surface area contributed by atoms with Gasteiger partial charge in [-0.15, -0.1) is 13.2 Å². The predicted molar refractivity (Wildman–Crippen MR) is 57.9 cm³/mol. The molecule has 1 aliphatic rings. The second-order valence-corrected chi connectivity index (χ2v) is 4.23. The van der Waals surface area contributed by atoms with E-state index in [-0.39, 0.29) is 6.61 Å². The molecule has 0 aromatic rings. The standard InChI is InChI=1S/C12H20O2/c1-3-5-8-12(14)9-6-7-11(12,4-2)10-13/h3-4,13-14H,1-2,5-10H2/t11-,12-/m0/s1. The summed E-state index contributed by atoms with van der Waals surface area (Å²) in [5.41, 5.74) is -1.27. The van der Waals surface area contributed by atoms with Gasteiger partial charge in [-0.2, -0.15) is 0 Å². The Morgan fingerprint density at radius 3 is 2.50 bits per heavy atom. The molecule has 0 radical (unpaired) electrons. The lowest BCUT2D eigenvalue weighted by molar-refractivity contribution is -0.0653. The third-order valence-electron chi connectivity index (χ3n) is 3.57. The van der Waals surface area contributed by atoms with E-state index >= 15 is 0 Å². The lowest BCUT2D eigenvalue weighted by Crippen LogP contribution is -2.45. The number of rotatable bonds is 5. The van der Waals surface area contributed by atoms with Crippen molar-refractivity contribution in [2.75, 3.05) is 6.61 Å². The monoisotopic (exact) mass is 196 g/mol. The van der Waals surface area contributed by atoms with Crippen molar-refractivity contribution in [1.82, 2.24) is 0 Å². The Labute approximate surface area is 86.0 Å². The minimum atomic E-state index is -0.780. The van der Waals surface area contributed by atoms with E-state index in [1.807, 2.05) is 6.08 Å². The molecule has 1 saturated carbocycles. The Bertz CT molecular complexity index is 224. The molecule has 0 aromatic heterocycles. The van der Waals surface area contributed by atoms with E-state index in [0.717, 1.165) is 25.7 Å². The summed E-state index contributed by atoms with van der Waals surface area (Å²) in [7, 11) is 0. The Balaban J connectivity index is 2.83. The Kier molecular flexibility index (Phi) is 3.51. The van der Waals surface area contributed by atoms with Crippen LogP contribution in [0.4, 0.5) is 0 Å². The molecule has 1 aliphatic carbocycles. The molecule has 1 fully saturated rings. The molecule has 0 aromatic carbocycles. The van der Waals surface area contributed by atoms with Gasteiger partial charge in [-0.05, 0) is 32.1 Å². The average Bonchev–Trinajstić information content (AvgIpc) is 2.53. The molecule has 0 amide bonds. The zero-order valence-corrected chi connectivity index (χ0v) is 8.71. The molecule has 2 N–H and O–H groups in total. The van der Waals surface area contributed by atoms with Crippen LogP contribution < -0.4 is 0 Å². The Morgan fingerprint density at radius 2 is 2.00 bits per heavy atom. The maximum Gasteiger partial charge on any atom is 0.0762 e. The fraction of sp³-hybridized carbons (Fsp3) is 0.667. The van der Waals surface area contributed by atoms with Crippen molar-refractivity contribution in [3.05, 3.63) is 25.3 Å². The summed E-state index contributed by atoms with van der Waals surface area (Å²) in [6.45, 7) is 7.39. The summed E-state index contributed by atoms with van der Waals surface area (Å²) >= 11 is 0. The molecule has 2 heteroatoms. The Hall–Kier alpha value is -0.600. The predicted octanol–water partition coefficient (Wildman–Crippen LogP) is 2.03. The van der Waals surface area contributed by atoms with Crippen LogP contribution in [-0.2, 0) is 0 Å². The second kappa shape index (κ2) is 4.28. The van der Waals surface area contributed by atoms with Gasteiger partial charge in [0.15, 0.2) is 0 Å². The van der Waals surface area contributed by atoms with E-state index in [0.29, 0.717) is 6.42 Å². The fourth-order valence-corrected chi connectivity index (χ4v) is 2.48. The van der Waals surface area contributed by atoms with Crippen LogP contribution in [0.1, 0.15) is 32.1 Å². The van der Waals surface area contributed by atoms with E-state index in [1.165, 1.54) is 0 Å². The molecule has 80 valence electrons. The topological polar surface area (TPSA) is 40.5 Å². The SMILES string of the molecule is C=CCC[C@]1(O)CCC[C@@]1(C=C)CO. The third-order valence-corrected chi connectivity index (χ3v) is 3.57. The van der Waals surface area contributed by atoms with E-state index in [9.17, 15) is 10.2 Å². The van der Waals surface area contributed by atoms with Crippen LogP contribution in [0.3, 0.4) is 0 Å². The van der Waals surface area contributed by atoms with Gasteiger partial charge >= 0.3 is 0 Å². The molecule has 1 rings (SSSR count). The third kappa shape index (κ3) is 1.64. The van der Waals surface area contributed by atoms with Crippen LogP contribution in [0.15, 0.2) is 25.3 Å². The van der Waals surface area contributed by atoms with Gasteiger partial charge in [-0.3, -0.25) is 0 Å². The van der Waals surface area contributed by atoms with E-state index < -0.39 is 11.0 Å². The number of hydrogen-bond acceptors (Lipinski definition) is 2. The molecule has 0 bridgehead atoms. The van der Waals surface area contributed by atoms with Gasteiger partial charge in [0.2, 0.25) is 0 Å². The van der Waals surface area contributed by atoms with Gasteiger partial charge < -0.3 is 10.2 Å². The summed E-state index contributed by atoms with van der Waals surface area (Å²) in [4.78, 5) is 0. The summed E-state index contributed by atoms with van der Waals surface area (Å²) in [5.74, 6) is 0. The first-order valence-electron chi connectivity index (χ1n) is 5.22. The summed E-state index contributed by atoms with van der Waals surface area (Å²) in [6, 6.07) is 0. The number of hydrogen-bond donors (Lipinski definition) is 2. The van der Waals surface area contributed by atoms with E-state index in [2.05, 4.69) is 13.2 Å². The quantitative estimate of drug-likeness (QED) is 0.660. The van der Waals surface area contributed by atoms with Gasteiger partial charge in [0.1, 0.15) is 0 Å². The van der Waals surface area contributed by atoms with Crippen LogP contribution >= 0.6 is 0 Å². The molecular formula is C12H20O2. The molecule has 0 spiro atoms. The van der Waals surface area contributed by atoms with Gasteiger partial charge in [0, 0.05) is 5.41 Å². The van der Waals surface area contributed by atoms with Gasteiger partial charge in [-0.1, -0.05) is 12.2 Å². The molecule has 0 unspecified atom stereocenters. The van der Waals surface area contributed by atoms with Crippen LogP contribution in [0, 0.1) is 5.41 Å². The number of aliphatic hydroxyl groups is 2. The highest BCUT2D eigenvalue weighted by molar-refractivity contribution is 5.12. The van der Waals surface area contributed by atoms with E-state index in [1.54, 1.807) is 6.08 Å². The molecule has 0 heterocycles. The van der Waals surface area contributed by atoms with Crippen LogP contribution in [0.5, 0.6) is 0 Å². The number of aliphatic hydroxyl groups excluding tert-OH is 1. The van der Waals surface area contributed by atoms with Crippen molar-refractivity contribution in [2.45, 2.75) is 37.7 Å². The largest absolute Gasteiger partial charge is 0.395 e. The van der Waals surface area contributed by atoms with Gasteiger partial charge in [0.05, 0.1) is 12.2 Å². The molecule has 14 heavy (non-hydrogen) atoms. The van der Waals surface area contributed by atoms with Crippen LogP contribution in [0.2, 0.25) is 0 Å². The summed E-state index contributed by atoms with van der Waals surface area (Å²) in [6.07, 6.45) is 7.54. The molecular weight excluding hydrogens is 176 g/mol. The first-order valence-corrected chi connectivity index (χ1v) is 5.22. The van der Waals surface area contributed by atoms with Crippen molar-refractivity contribution in [2.24, 2.45) is 5.41 Å². The maximum absolute atomic E-state index is 10.5. The second-order valence-electron chi connectivity index (χ2n) is 4.23. The highest BCUT2D eigenvalue weighted by Crippen LogP contribution is 2.49. The van der Waals surface area contributed by atoms with E-state index in [4.69, 9.17) is 0 Å². The molecule has 0 aliphatic heterocycles. The molecule has 0 saturated heterocycles. The molecule has 2 atom stereocenters. The van der Waals surface area contributed by atoms with Gasteiger partial charge in [0.25, 0.3) is 0 Å². The highest BCUT2D eigenvalue weighted by Gasteiger charge is 2.50. The smallest absolute Gasteiger partial charge is 0.0762 e. The zero-order chi connectivity index (χ0) is 10.7. The van der Waals surface area contributed by atoms with Crippen molar-refractivity contribution in [3.63, 3.8) is 0 Å². The van der Waals surface area contributed by atoms with Crippen LogP contribution in [-0.4, -0.2) is 22.4 Å². The maximum atomic E-state index is 10.5. The minimum Gasteiger partial charge on any atom is -0.395 e. The van der Waals surface area contributed by atoms with Crippen molar-refractivity contribution in [3.8, 4) is 0 Å². The minimum absolute atomic E-state index is 0.00978. The average molecular weight is 196 g/mol. The summed E-state index contributed by atoms with van der Waals surface area (Å²) in [5, 5.41) is 19.8. The Morgan fingerprint density at radius 1 is 1.29 bits per heavy atom. The van der Waals surface area contributed by atoms with Gasteiger partial charge in [-0.25, -0.2) is 0 Å². The van der Waals surface area contributed by atoms with Crippen molar-refractivity contribution < 1.29 is 10.2 Å². The number of allylic oxidation sites excluding steroid dienone is 1.